The first-order valence-corrected chi connectivity index (χ1v) is 13.2. The average molecular weight is 510 g/mol. The Hall–Kier alpha value is -2.59. The predicted molar refractivity (Wildman–Crippen MR) is 127 cm³/mol. The van der Waals surface area contributed by atoms with Crippen LogP contribution in [0.15, 0.2) is 75.4 Å². The summed E-state index contributed by atoms with van der Waals surface area (Å²) in [5.74, 6) is 1.24. The van der Waals surface area contributed by atoms with Crippen LogP contribution >= 0.6 is 11.6 Å². The molecule has 0 heterocycles. The smallest absolute Gasteiger partial charge is 0.240 e. The number of sulfonamides is 1. The second-order valence-electron chi connectivity index (χ2n) is 7.21. The van der Waals surface area contributed by atoms with Crippen molar-refractivity contribution in [1.29, 1.82) is 0 Å². The van der Waals surface area contributed by atoms with E-state index in [0.717, 1.165) is 5.56 Å². The number of ether oxygens (including phenoxy) is 2. The van der Waals surface area contributed by atoms with Gasteiger partial charge in [-0.3, -0.25) is 0 Å². The number of halogens is 1. The van der Waals surface area contributed by atoms with E-state index in [-0.39, 0.29) is 21.2 Å². The Morgan fingerprint density at radius 1 is 0.848 bits per heavy atom. The fraction of sp³-hybridized carbons (Fsp3) is 0.217. The molecule has 3 rings (SSSR count). The zero-order valence-corrected chi connectivity index (χ0v) is 20.7. The molecule has 0 spiro atoms. The van der Waals surface area contributed by atoms with Crippen molar-refractivity contribution >= 4 is 31.5 Å². The van der Waals surface area contributed by atoms with Gasteiger partial charge in [-0.25, -0.2) is 21.6 Å². The molecule has 0 aliphatic rings. The molecular weight excluding hydrogens is 486 g/mol. The minimum atomic E-state index is -3.98. The number of hydrogen-bond donors (Lipinski definition) is 1. The molecule has 33 heavy (non-hydrogen) atoms. The molecule has 0 bridgehead atoms. The molecule has 176 valence electrons. The van der Waals surface area contributed by atoms with E-state index in [1.807, 2.05) is 0 Å². The first-order chi connectivity index (χ1) is 15.6. The topological polar surface area (TPSA) is 98.8 Å². The summed E-state index contributed by atoms with van der Waals surface area (Å²) in [7, 11) is -4.82. The zero-order valence-electron chi connectivity index (χ0n) is 18.3. The summed E-state index contributed by atoms with van der Waals surface area (Å²) in [5.41, 5.74) is 1.20. The summed E-state index contributed by atoms with van der Waals surface area (Å²) in [4.78, 5) is -0.197. The third-order valence-electron chi connectivity index (χ3n) is 5.06. The van der Waals surface area contributed by atoms with Crippen LogP contribution in [0.1, 0.15) is 11.1 Å². The van der Waals surface area contributed by atoms with Crippen molar-refractivity contribution in [2.45, 2.75) is 28.0 Å². The summed E-state index contributed by atoms with van der Waals surface area (Å²) in [5, 5.41) is 0.401. The van der Waals surface area contributed by atoms with Gasteiger partial charge in [-0.1, -0.05) is 17.7 Å². The van der Waals surface area contributed by atoms with Gasteiger partial charge in [0.2, 0.25) is 19.9 Å². The highest BCUT2D eigenvalue weighted by Crippen LogP contribution is 2.27. The van der Waals surface area contributed by atoms with Crippen LogP contribution < -0.4 is 14.2 Å². The Morgan fingerprint density at radius 3 is 2.15 bits per heavy atom. The van der Waals surface area contributed by atoms with Gasteiger partial charge >= 0.3 is 0 Å². The maximum Gasteiger partial charge on any atom is 0.240 e. The number of methoxy groups -OCH3 is 2. The van der Waals surface area contributed by atoms with Crippen molar-refractivity contribution in [3.8, 4) is 11.5 Å². The number of hydrogen-bond acceptors (Lipinski definition) is 6. The van der Waals surface area contributed by atoms with E-state index in [9.17, 15) is 16.8 Å². The van der Waals surface area contributed by atoms with Gasteiger partial charge in [-0.15, -0.1) is 0 Å². The Balaban J connectivity index is 1.85. The molecule has 1 N–H and O–H groups in total. The summed E-state index contributed by atoms with van der Waals surface area (Å²) in [6.45, 7) is 1.69. The standard InChI is InChI=1S/C23H24ClNO6S2/c1-16-4-8-21(32(26,27)20-9-5-18(24)6-10-20)15-23(16)33(28,29)25-13-12-17-14-19(30-2)7-11-22(17)31-3/h4-11,14-15,25H,12-13H2,1-3H3. The summed E-state index contributed by atoms with van der Waals surface area (Å²) in [6.07, 6.45) is 0.349. The Labute approximate surface area is 199 Å². The van der Waals surface area contributed by atoms with Gasteiger partial charge in [-0.05, 0) is 79.1 Å². The molecule has 0 saturated carbocycles. The second-order valence-corrected chi connectivity index (χ2v) is 11.3. The lowest BCUT2D eigenvalue weighted by Gasteiger charge is -2.13. The predicted octanol–water partition coefficient (Wildman–Crippen LogP) is 4.02. The Bertz CT molecular complexity index is 1350. The van der Waals surface area contributed by atoms with E-state index >= 15 is 0 Å². The lowest BCUT2D eigenvalue weighted by molar-refractivity contribution is 0.398. The van der Waals surface area contributed by atoms with Crippen LogP contribution in [0.4, 0.5) is 0 Å². The molecule has 0 aromatic heterocycles. The largest absolute Gasteiger partial charge is 0.497 e. The normalized spacial score (nSPS) is 11.9. The molecule has 7 nitrogen and oxygen atoms in total. The van der Waals surface area contributed by atoms with Gasteiger partial charge in [0.05, 0.1) is 28.9 Å². The van der Waals surface area contributed by atoms with Crippen LogP contribution in [0.5, 0.6) is 11.5 Å². The van der Waals surface area contributed by atoms with Crippen LogP contribution in [0.3, 0.4) is 0 Å². The third kappa shape index (κ3) is 5.67. The molecule has 0 radical (unpaired) electrons. The van der Waals surface area contributed by atoms with Crippen LogP contribution in [0, 0.1) is 6.92 Å². The molecule has 0 aliphatic carbocycles. The number of aryl methyl sites for hydroxylation is 1. The van der Waals surface area contributed by atoms with Gasteiger partial charge in [0, 0.05) is 11.6 Å². The molecule has 0 fully saturated rings. The molecule has 3 aromatic carbocycles. The zero-order chi connectivity index (χ0) is 24.2. The minimum absolute atomic E-state index is 0.0252. The van der Waals surface area contributed by atoms with Crippen molar-refractivity contribution in [1.82, 2.24) is 4.72 Å². The van der Waals surface area contributed by atoms with Crippen LogP contribution in [-0.2, 0) is 26.3 Å². The summed E-state index contributed by atoms with van der Waals surface area (Å²) < 4.78 is 65.1. The number of benzene rings is 3. The number of sulfone groups is 1. The molecule has 3 aromatic rings. The van der Waals surface area contributed by atoms with Gasteiger partial charge in [0.15, 0.2) is 0 Å². The minimum Gasteiger partial charge on any atom is -0.497 e. The highest BCUT2D eigenvalue weighted by atomic mass is 35.5. The van der Waals surface area contributed by atoms with E-state index in [4.69, 9.17) is 21.1 Å². The van der Waals surface area contributed by atoms with Crippen molar-refractivity contribution < 1.29 is 26.3 Å². The maximum atomic E-state index is 13.0. The van der Waals surface area contributed by atoms with Gasteiger partial charge < -0.3 is 9.47 Å². The van der Waals surface area contributed by atoms with E-state index in [1.54, 1.807) is 32.2 Å². The highest BCUT2D eigenvalue weighted by Gasteiger charge is 2.23. The molecule has 10 heteroatoms. The van der Waals surface area contributed by atoms with E-state index in [0.29, 0.717) is 28.5 Å². The van der Waals surface area contributed by atoms with Crippen molar-refractivity contribution in [3.63, 3.8) is 0 Å². The number of nitrogens with one attached hydrogen (secondary N) is 1. The average Bonchev–Trinajstić information content (AvgIpc) is 2.79. The molecule has 0 aliphatic heterocycles. The number of rotatable bonds is 9. The first kappa shape index (κ1) is 25.0. The van der Waals surface area contributed by atoms with Crippen LogP contribution in [0.25, 0.3) is 0 Å². The maximum absolute atomic E-state index is 13.0. The molecule has 0 atom stereocenters. The van der Waals surface area contributed by atoms with E-state index < -0.39 is 19.9 Å². The SMILES string of the molecule is COc1ccc(OC)c(CCNS(=O)(=O)c2cc(S(=O)(=O)c3ccc(Cl)cc3)ccc2C)c1. The summed E-state index contributed by atoms with van der Waals surface area (Å²) >= 11 is 5.85. The monoisotopic (exact) mass is 509 g/mol. The molecule has 0 saturated heterocycles. The quantitative estimate of drug-likeness (QED) is 0.467. The fourth-order valence-corrected chi connectivity index (χ4v) is 6.05. The third-order valence-corrected chi connectivity index (χ3v) is 8.68. The second kappa shape index (κ2) is 10.1. The van der Waals surface area contributed by atoms with Crippen LogP contribution in [0.2, 0.25) is 5.02 Å². The lowest BCUT2D eigenvalue weighted by atomic mass is 10.1. The summed E-state index contributed by atoms with van der Waals surface area (Å²) in [6, 6.07) is 15.0. The molecule has 0 amide bonds. The van der Waals surface area contributed by atoms with E-state index in [1.165, 1.54) is 49.6 Å². The van der Waals surface area contributed by atoms with Crippen molar-refractivity contribution in [2.75, 3.05) is 20.8 Å². The van der Waals surface area contributed by atoms with E-state index in [2.05, 4.69) is 4.72 Å². The van der Waals surface area contributed by atoms with Gasteiger partial charge in [-0.2, -0.15) is 0 Å². The van der Waals surface area contributed by atoms with Crippen LogP contribution in [-0.4, -0.2) is 37.6 Å². The van der Waals surface area contributed by atoms with Gasteiger partial charge in [0.1, 0.15) is 11.5 Å². The first-order valence-electron chi connectivity index (χ1n) is 9.90. The Morgan fingerprint density at radius 2 is 1.52 bits per heavy atom. The van der Waals surface area contributed by atoms with Crippen molar-refractivity contribution in [2.24, 2.45) is 0 Å². The van der Waals surface area contributed by atoms with Gasteiger partial charge in [0.25, 0.3) is 0 Å². The molecule has 0 unspecified atom stereocenters. The molecular formula is C23H24ClNO6S2. The lowest BCUT2D eigenvalue weighted by Crippen LogP contribution is -2.27. The highest BCUT2D eigenvalue weighted by molar-refractivity contribution is 7.91. The van der Waals surface area contributed by atoms with Crippen molar-refractivity contribution in [3.05, 3.63) is 76.8 Å². The Kier molecular flexibility index (Phi) is 7.69. The fourth-order valence-electron chi connectivity index (χ4n) is 3.26.